The van der Waals surface area contributed by atoms with Crippen molar-refractivity contribution in [2.75, 3.05) is 13.1 Å². The highest BCUT2D eigenvalue weighted by Gasteiger charge is 2.00. The van der Waals surface area contributed by atoms with Gasteiger partial charge in [0.15, 0.2) is 0 Å². The molecule has 108 valence electrons. The Bertz CT molecular complexity index is 330. The van der Waals surface area contributed by atoms with Crippen LogP contribution in [0.15, 0.2) is 30.3 Å². The third kappa shape index (κ3) is 9.51. The Balaban J connectivity index is 0.00000324. The molecule has 3 N–H and O–H groups in total. The lowest BCUT2D eigenvalue weighted by atomic mass is 10.1. The average molecular weight is 285 g/mol. The zero-order chi connectivity index (χ0) is 13.1. The number of carbonyl (C=O) groups is 1. The Morgan fingerprint density at radius 1 is 1.05 bits per heavy atom. The highest BCUT2D eigenvalue weighted by molar-refractivity contribution is 5.85. The van der Waals surface area contributed by atoms with E-state index in [-0.39, 0.29) is 18.3 Å². The number of amides is 1. The molecule has 0 unspecified atom stereocenters. The molecule has 1 aromatic rings. The van der Waals surface area contributed by atoms with Gasteiger partial charge in [0.1, 0.15) is 0 Å². The first kappa shape index (κ1) is 17.9. The fourth-order valence-electron chi connectivity index (χ4n) is 1.86. The van der Waals surface area contributed by atoms with E-state index >= 15 is 0 Å². The number of halogens is 1. The van der Waals surface area contributed by atoms with Gasteiger partial charge in [0, 0.05) is 13.0 Å². The molecule has 1 rings (SSSR count). The van der Waals surface area contributed by atoms with Crippen molar-refractivity contribution < 1.29 is 4.79 Å². The molecule has 0 saturated heterocycles. The number of hydrogen-bond donors (Lipinski definition) is 2. The lowest BCUT2D eigenvalue weighted by Gasteiger charge is -2.05. The Morgan fingerprint density at radius 2 is 1.74 bits per heavy atom. The van der Waals surface area contributed by atoms with Crippen molar-refractivity contribution in [1.29, 1.82) is 0 Å². The average Bonchev–Trinajstić information content (AvgIpc) is 2.40. The van der Waals surface area contributed by atoms with Crippen molar-refractivity contribution in [3.05, 3.63) is 35.9 Å². The van der Waals surface area contributed by atoms with Gasteiger partial charge in [-0.1, -0.05) is 43.2 Å². The number of nitrogens with one attached hydrogen (secondary N) is 1. The fourth-order valence-corrected chi connectivity index (χ4v) is 1.86. The Hall–Kier alpha value is -1.06. The summed E-state index contributed by atoms with van der Waals surface area (Å²) in [5, 5.41) is 2.96. The molecule has 3 nitrogen and oxygen atoms in total. The van der Waals surface area contributed by atoms with Gasteiger partial charge in [-0.3, -0.25) is 4.79 Å². The Kier molecular flexibility index (Phi) is 11.3. The topological polar surface area (TPSA) is 55.1 Å². The normalized spacial score (nSPS) is 9.74. The first-order valence-corrected chi connectivity index (χ1v) is 6.83. The van der Waals surface area contributed by atoms with Crippen LogP contribution in [0.3, 0.4) is 0 Å². The molecule has 0 aromatic heterocycles. The fraction of sp³-hybridized carbons (Fsp3) is 0.533. The smallest absolute Gasteiger partial charge is 0.220 e. The molecule has 0 aliphatic rings. The van der Waals surface area contributed by atoms with Crippen molar-refractivity contribution in [1.82, 2.24) is 5.32 Å². The number of hydrogen-bond acceptors (Lipinski definition) is 2. The summed E-state index contributed by atoms with van der Waals surface area (Å²) >= 11 is 0. The summed E-state index contributed by atoms with van der Waals surface area (Å²) in [6.07, 6.45) is 5.81. The van der Waals surface area contributed by atoms with E-state index in [2.05, 4.69) is 17.4 Å². The largest absolute Gasteiger partial charge is 0.356 e. The highest BCUT2D eigenvalue weighted by atomic mass is 35.5. The lowest BCUT2D eigenvalue weighted by molar-refractivity contribution is -0.121. The van der Waals surface area contributed by atoms with E-state index in [1.807, 2.05) is 18.2 Å². The first-order valence-electron chi connectivity index (χ1n) is 6.83. The molecule has 1 aromatic carbocycles. The third-order valence-electron chi connectivity index (χ3n) is 2.94. The number of unbranched alkanes of at least 4 members (excludes halogenated alkanes) is 3. The molecule has 0 atom stereocenters. The van der Waals surface area contributed by atoms with Crippen LogP contribution >= 0.6 is 12.4 Å². The van der Waals surface area contributed by atoms with Gasteiger partial charge < -0.3 is 11.1 Å². The van der Waals surface area contributed by atoms with Crippen LogP contribution in [0, 0.1) is 0 Å². The predicted molar refractivity (Wildman–Crippen MR) is 82.5 cm³/mol. The molecule has 0 spiro atoms. The van der Waals surface area contributed by atoms with Gasteiger partial charge in [-0.15, -0.1) is 12.4 Å². The van der Waals surface area contributed by atoms with E-state index in [1.165, 1.54) is 5.56 Å². The second-order valence-electron chi connectivity index (χ2n) is 4.54. The van der Waals surface area contributed by atoms with E-state index in [9.17, 15) is 4.79 Å². The number of carbonyl (C=O) groups excluding carboxylic acids is 1. The van der Waals surface area contributed by atoms with Gasteiger partial charge in [-0.25, -0.2) is 0 Å². The minimum atomic E-state index is 0. The van der Waals surface area contributed by atoms with Crippen molar-refractivity contribution >= 4 is 18.3 Å². The van der Waals surface area contributed by atoms with Crippen LogP contribution in [0.1, 0.15) is 37.7 Å². The van der Waals surface area contributed by atoms with Gasteiger partial charge in [0.05, 0.1) is 0 Å². The van der Waals surface area contributed by atoms with Gasteiger partial charge in [-0.2, -0.15) is 0 Å². The maximum atomic E-state index is 11.5. The second-order valence-corrected chi connectivity index (χ2v) is 4.54. The molecule has 0 bridgehead atoms. The summed E-state index contributed by atoms with van der Waals surface area (Å²) < 4.78 is 0. The molecule has 0 radical (unpaired) electrons. The molecule has 0 heterocycles. The molecule has 4 heteroatoms. The minimum Gasteiger partial charge on any atom is -0.356 e. The van der Waals surface area contributed by atoms with E-state index in [1.54, 1.807) is 0 Å². The molecular formula is C15H25ClN2O. The quantitative estimate of drug-likeness (QED) is 0.685. The molecule has 19 heavy (non-hydrogen) atoms. The maximum Gasteiger partial charge on any atom is 0.220 e. The summed E-state index contributed by atoms with van der Waals surface area (Å²) in [6.45, 7) is 1.48. The van der Waals surface area contributed by atoms with Crippen LogP contribution < -0.4 is 11.1 Å². The van der Waals surface area contributed by atoms with E-state index < -0.39 is 0 Å². The van der Waals surface area contributed by atoms with Crippen LogP contribution in [0.25, 0.3) is 0 Å². The zero-order valence-corrected chi connectivity index (χ0v) is 12.3. The Morgan fingerprint density at radius 3 is 2.42 bits per heavy atom. The van der Waals surface area contributed by atoms with Crippen LogP contribution in [-0.2, 0) is 11.2 Å². The summed E-state index contributed by atoms with van der Waals surface area (Å²) in [7, 11) is 0. The Labute approximate surface area is 122 Å². The van der Waals surface area contributed by atoms with E-state index in [4.69, 9.17) is 5.73 Å². The molecule has 1 amide bonds. The standard InChI is InChI=1S/C15H24N2O.ClH/c16-12-7-2-1-6-10-15(18)17-13-11-14-8-4-3-5-9-14;/h3-5,8-9H,1-2,6-7,10-13,16H2,(H,17,18);1H. The molecule has 0 fully saturated rings. The number of rotatable bonds is 9. The molecule has 0 saturated carbocycles. The minimum absolute atomic E-state index is 0. The predicted octanol–water partition coefficient (Wildman–Crippen LogP) is 2.68. The maximum absolute atomic E-state index is 11.5. The van der Waals surface area contributed by atoms with E-state index in [0.717, 1.165) is 45.2 Å². The van der Waals surface area contributed by atoms with Crippen molar-refractivity contribution in [2.45, 2.75) is 38.5 Å². The monoisotopic (exact) mass is 284 g/mol. The molecule has 0 aliphatic heterocycles. The van der Waals surface area contributed by atoms with Crippen molar-refractivity contribution in [3.63, 3.8) is 0 Å². The summed E-state index contributed by atoms with van der Waals surface area (Å²) in [5.41, 5.74) is 6.68. The lowest BCUT2D eigenvalue weighted by Crippen LogP contribution is -2.25. The number of benzene rings is 1. The first-order chi connectivity index (χ1) is 8.83. The van der Waals surface area contributed by atoms with Gasteiger partial charge in [-0.05, 0) is 31.4 Å². The third-order valence-corrected chi connectivity index (χ3v) is 2.94. The highest BCUT2D eigenvalue weighted by Crippen LogP contribution is 2.02. The summed E-state index contributed by atoms with van der Waals surface area (Å²) in [5.74, 6) is 0.165. The molecular weight excluding hydrogens is 260 g/mol. The van der Waals surface area contributed by atoms with Crippen LogP contribution in [-0.4, -0.2) is 19.0 Å². The van der Waals surface area contributed by atoms with Gasteiger partial charge in [0.2, 0.25) is 5.91 Å². The van der Waals surface area contributed by atoms with Crippen LogP contribution in [0.2, 0.25) is 0 Å². The van der Waals surface area contributed by atoms with Crippen LogP contribution in [0.4, 0.5) is 0 Å². The van der Waals surface area contributed by atoms with Crippen LogP contribution in [0.5, 0.6) is 0 Å². The van der Waals surface area contributed by atoms with Gasteiger partial charge in [0.25, 0.3) is 0 Å². The van der Waals surface area contributed by atoms with E-state index in [0.29, 0.717) is 6.42 Å². The SMILES string of the molecule is Cl.NCCCCCCC(=O)NCCc1ccccc1. The van der Waals surface area contributed by atoms with Gasteiger partial charge >= 0.3 is 0 Å². The van der Waals surface area contributed by atoms with Crippen molar-refractivity contribution in [2.24, 2.45) is 5.73 Å². The summed E-state index contributed by atoms with van der Waals surface area (Å²) in [6, 6.07) is 10.2. The zero-order valence-electron chi connectivity index (χ0n) is 11.4. The van der Waals surface area contributed by atoms with Crippen molar-refractivity contribution in [3.8, 4) is 0 Å². The number of nitrogens with two attached hydrogens (primary N) is 1. The summed E-state index contributed by atoms with van der Waals surface area (Å²) in [4.78, 5) is 11.5. The second kappa shape index (κ2) is 12.0. The molecule has 0 aliphatic carbocycles.